The van der Waals surface area contributed by atoms with E-state index in [1.54, 1.807) is 35.7 Å². The van der Waals surface area contributed by atoms with E-state index < -0.39 is 0 Å². The topological polar surface area (TPSA) is 17.1 Å². The minimum atomic E-state index is 0.0139. The molecule has 0 heterocycles. The van der Waals surface area contributed by atoms with Crippen molar-refractivity contribution in [2.24, 2.45) is 0 Å². The van der Waals surface area contributed by atoms with Crippen LogP contribution in [0.4, 0.5) is 0 Å². The zero-order chi connectivity index (χ0) is 19.4. The smallest absolute Gasteiger partial charge is 0.180 e. The molecule has 3 aromatic carbocycles. The number of thioether (sulfide) groups is 2. The molecule has 0 saturated heterocycles. The Kier molecular flexibility index (Phi) is 8.23. The van der Waals surface area contributed by atoms with E-state index in [-0.39, 0.29) is 5.78 Å². The maximum atomic E-state index is 12.5. The van der Waals surface area contributed by atoms with Crippen molar-refractivity contribution in [3.63, 3.8) is 0 Å². The third-order valence-electron chi connectivity index (χ3n) is 3.95. The molecule has 3 aromatic rings. The van der Waals surface area contributed by atoms with E-state index in [1.165, 1.54) is 11.1 Å². The second kappa shape index (κ2) is 11.4. The van der Waals surface area contributed by atoms with Gasteiger partial charge in [-0.15, -0.1) is 23.5 Å². The Labute approximate surface area is 175 Å². The summed E-state index contributed by atoms with van der Waals surface area (Å²) in [7, 11) is 0. The van der Waals surface area contributed by atoms with Crippen LogP contribution in [0.2, 0.25) is 0 Å². The van der Waals surface area contributed by atoms with Crippen LogP contribution < -0.4 is 0 Å². The van der Waals surface area contributed by atoms with Crippen molar-refractivity contribution < 1.29 is 4.79 Å². The number of carbonyl (C=O) groups excluding carboxylic acids is 1. The minimum absolute atomic E-state index is 0.0139. The number of hydrogen-bond donors (Lipinski definition) is 0. The zero-order valence-corrected chi connectivity index (χ0v) is 17.2. The van der Waals surface area contributed by atoms with Crippen molar-refractivity contribution in [2.75, 3.05) is 0 Å². The van der Waals surface area contributed by atoms with E-state index in [0.717, 1.165) is 21.3 Å². The summed E-state index contributed by atoms with van der Waals surface area (Å²) in [6, 6.07) is 30.6. The predicted octanol–water partition coefficient (Wildman–Crippen LogP) is 6.98. The first-order chi connectivity index (χ1) is 13.8. The molecule has 28 heavy (non-hydrogen) atoms. The summed E-state index contributed by atoms with van der Waals surface area (Å²) in [5.41, 5.74) is 3.54. The van der Waals surface area contributed by atoms with Gasteiger partial charge in [0, 0.05) is 21.8 Å². The van der Waals surface area contributed by atoms with Crippen LogP contribution in [-0.4, -0.2) is 5.78 Å². The van der Waals surface area contributed by atoms with Gasteiger partial charge in [-0.2, -0.15) is 0 Å². The highest BCUT2D eigenvalue weighted by Crippen LogP contribution is 2.33. The van der Waals surface area contributed by atoms with Crippen molar-refractivity contribution in [3.05, 3.63) is 124 Å². The molecule has 0 aromatic heterocycles. The van der Waals surface area contributed by atoms with E-state index in [0.29, 0.717) is 0 Å². The summed E-state index contributed by atoms with van der Waals surface area (Å²) >= 11 is 3.43. The van der Waals surface area contributed by atoms with Gasteiger partial charge in [-0.25, -0.2) is 0 Å². The molecular weight excluding hydrogens is 380 g/mol. The molecule has 3 rings (SSSR count). The maximum Gasteiger partial charge on any atom is 0.180 e. The molecule has 0 fully saturated rings. The lowest BCUT2D eigenvalue weighted by molar-refractivity contribution is -0.110. The van der Waals surface area contributed by atoms with Gasteiger partial charge < -0.3 is 0 Å². The van der Waals surface area contributed by atoms with Crippen LogP contribution in [0.3, 0.4) is 0 Å². The Balaban J connectivity index is 1.67. The van der Waals surface area contributed by atoms with Gasteiger partial charge in [0.1, 0.15) is 0 Å². The molecule has 0 amide bonds. The number of rotatable bonds is 9. The Morgan fingerprint density at radius 1 is 0.679 bits per heavy atom. The molecule has 0 unspecified atom stereocenters. The molecule has 1 nitrogen and oxygen atoms in total. The molecule has 0 bridgehead atoms. The molecule has 0 atom stereocenters. The summed E-state index contributed by atoms with van der Waals surface area (Å²) in [6.45, 7) is 0. The number of ketones is 1. The Morgan fingerprint density at radius 2 is 1.14 bits per heavy atom. The predicted molar refractivity (Wildman–Crippen MR) is 124 cm³/mol. The highest BCUT2D eigenvalue weighted by molar-refractivity contribution is 8.21. The average Bonchev–Trinajstić information content (AvgIpc) is 2.76. The molecule has 0 N–H and O–H groups in total. The van der Waals surface area contributed by atoms with Crippen molar-refractivity contribution in [1.82, 2.24) is 0 Å². The number of hydrogen-bond acceptors (Lipinski definition) is 3. The number of benzene rings is 3. The molecule has 140 valence electrons. The van der Waals surface area contributed by atoms with Crippen LogP contribution in [0.25, 0.3) is 6.08 Å². The standard InChI is InChI=1S/C25H22OS2/c26-24(17-16-21-10-4-1-5-11-21)18-25(27-19-22-12-6-2-7-13-22)28-20-23-14-8-3-9-15-23/h1-18H,19-20H2/b17-16+. The van der Waals surface area contributed by atoms with Crippen molar-refractivity contribution in [3.8, 4) is 0 Å². The van der Waals surface area contributed by atoms with Crippen molar-refractivity contribution >= 4 is 35.4 Å². The summed E-state index contributed by atoms with van der Waals surface area (Å²) in [5.74, 6) is 1.72. The first-order valence-electron chi connectivity index (χ1n) is 9.12. The van der Waals surface area contributed by atoms with E-state index in [1.807, 2.05) is 72.8 Å². The SMILES string of the molecule is O=C(C=C(SCc1ccccc1)SCc1ccccc1)/C=C/c1ccccc1. The highest BCUT2D eigenvalue weighted by Gasteiger charge is 2.05. The largest absolute Gasteiger partial charge is 0.290 e. The second-order valence-corrected chi connectivity index (χ2v) is 8.45. The summed E-state index contributed by atoms with van der Waals surface area (Å²) in [4.78, 5) is 12.5. The fraction of sp³-hybridized carbons (Fsp3) is 0.0800. The third-order valence-corrected chi connectivity index (χ3v) is 6.41. The van der Waals surface area contributed by atoms with Crippen LogP contribution in [0.1, 0.15) is 16.7 Å². The van der Waals surface area contributed by atoms with Gasteiger partial charge in [0.05, 0.1) is 0 Å². The highest BCUT2D eigenvalue weighted by atomic mass is 32.2. The Hall–Kier alpha value is -2.49. The van der Waals surface area contributed by atoms with Crippen molar-refractivity contribution in [1.29, 1.82) is 0 Å². The van der Waals surface area contributed by atoms with Gasteiger partial charge in [-0.05, 0) is 22.8 Å². The maximum absolute atomic E-state index is 12.5. The Bertz CT molecular complexity index is 871. The fourth-order valence-electron chi connectivity index (χ4n) is 2.49. The molecule has 0 saturated carbocycles. The van der Waals surface area contributed by atoms with Gasteiger partial charge in [-0.3, -0.25) is 4.79 Å². The first kappa shape index (κ1) is 20.2. The van der Waals surface area contributed by atoms with Gasteiger partial charge in [0.15, 0.2) is 5.78 Å². The summed E-state index contributed by atoms with van der Waals surface area (Å²) < 4.78 is 1.04. The zero-order valence-electron chi connectivity index (χ0n) is 15.5. The minimum Gasteiger partial charge on any atom is -0.290 e. The second-order valence-electron chi connectivity index (χ2n) is 6.16. The first-order valence-corrected chi connectivity index (χ1v) is 11.1. The summed E-state index contributed by atoms with van der Waals surface area (Å²) in [5, 5.41) is 0. The molecule has 0 aliphatic heterocycles. The monoisotopic (exact) mass is 402 g/mol. The van der Waals surface area contributed by atoms with Gasteiger partial charge >= 0.3 is 0 Å². The summed E-state index contributed by atoms with van der Waals surface area (Å²) in [6.07, 6.45) is 5.25. The molecule has 0 radical (unpaired) electrons. The van der Waals surface area contributed by atoms with Gasteiger partial charge in [0.2, 0.25) is 0 Å². The van der Waals surface area contributed by atoms with Gasteiger partial charge in [-0.1, -0.05) is 97.1 Å². The van der Waals surface area contributed by atoms with Crippen molar-refractivity contribution in [2.45, 2.75) is 11.5 Å². The Morgan fingerprint density at radius 3 is 1.64 bits per heavy atom. The molecule has 0 aliphatic carbocycles. The van der Waals surface area contributed by atoms with Gasteiger partial charge in [0.25, 0.3) is 0 Å². The van der Waals surface area contributed by atoms with E-state index in [2.05, 4.69) is 24.3 Å². The number of carbonyl (C=O) groups is 1. The molecule has 0 spiro atoms. The normalized spacial score (nSPS) is 10.7. The molecular formula is C25H22OS2. The lowest BCUT2D eigenvalue weighted by atomic mass is 10.2. The van der Waals surface area contributed by atoms with E-state index in [4.69, 9.17) is 0 Å². The van der Waals surface area contributed by atoms with Crippen LogP contribution in [0.5, 0.6) is 0 Å². The fourth-order valence-corrected chi connectivity index (χ4v) is 4.58. The van der Waals surface area contributed by atoms with Crippen LogP contribution in [-0.2, 0) is 16.3 Å². The average molecular weight is 403 g/mol. The quantitative estimate of drug-likeness (QED) is 0.360. The van der Waals surface area contributed by atoms with E-state index in [9.17, 15) is 4.79 Å². The lowest BCUT2D eigenvalue weighted by Gasteiger charge is -2.07. The van der Waals surface area contributed by atoms with Crippen LogP contribution in [0, 0.1) is 0 Å². The molecule has 0 aliphatic rings. The van der Waals surface area contributed by atoms with Crippen LogP contribution >= 0.6 is 23.5 Å². The van der Waals surface area contributed by atoms with E-state index >= 15 is 0 Å². The van der Waals surface area contributed by atoms with Crippen LogP contribution in [0.15, 0.2) is 107 Å². The third kappa shape index (κ3) is 7.26. The number of allylic oxidation sites excluding steroid dienone is 2. The molecule has 3 heteroatoms. The lowest BCUT2D eigenvalue weighted by Crippen LogP contribution is -1.89.